The van der Waals surface area contributed by atoms with Crippen molar-refractivity contribution < 1.29 is 22.7 Å². The maximum atomic E-state index is 13.0. The number of fused-ring (bicyclic) bond motifs is 1. The Morgan fingerprint density at radius 2 is 1.93 bits per heavy atom. The van der Waals surface area contributed by atoms with Gasteiger partial charge in [-0.3, -0.25) is 4.79 Å². The second kappa shape index (κ2) is 7.23. The molecule has 0 radical (unpaired) electrons. The molecule has 0 N–H and O–H groups in total. The third-order valence-electron chi connectivity index (χ3n) is 4.24. The average molecular weight is 405 g/mol. The lowest BCUT2D eigenvalue weighted by Gasteiger charge is -2.18. The number of carbonyl (C=O) groups excluding carboxylic acids is 1. The molecule has 0 spiro atoms. The predicted molar refractivity (Wildman–Crippen MR) is 97.0 cm³/mol. The Bertz CT molecular complexity index is 1010. The molecule has 5 nitrogen and oxygen atoms in total. The zero-order valence-corrected chi connectivity index (χ0v) is 15.3. The van der Waals surface area contributed by atoms with Crippen LogP contribution in [0.2, 0.25) is 0 Å². The van der Waals surface area contributed by atoms with Gasteiger partial charge in [0.1, 0.15) is 23.1 Å². The van der Waals surface area contributed by atoms with Gasteiger partial charge in [0.05, 0.1) is 18.7 Å². The highest BCUT2D eigenvalue weighted by molar-refractivity contribution is 7.15. The first-order valence-electron chi connectivity index (χ1n) is 8.41. The molecule has 1 amide bonds. The van der Waals surface area contributed by atoms with Crippen molar-refractivity contribution in [1.29, 1.82) is 0 Å². The number of carbonyl (C=O) groups is 1. The van der Waals surface area contributed by atoms with E-state index >= 15 is 0 Å². The number of alkyl halides is 3. The SMILES string of the molecule is O=C1c2cc(-c3ccc(C(F)(F)F)s3)ccc2OCCN1Cc1ncccn1. The number of halogens is 3. The maximum Gasteiger partial charge on any atom is 0.425 e. The highest BCUT2D eigenvalue weighted by Gasteiger charge is 2.32. The van der Waals surface area contributed by atoms with Crippen LogP contribution >= 0.6 is 11.3 Å². The van der Waals surface area contributed by atoms with Crippen molar-refractivity contribution in [3.05, 3.63) is 65.1 Å². The summed E-state index contributed by atoms with van der Waals surface area (Å²) in [6, 6.07) is 9.00. The minimum Gasteiger partial charge on any atom is -0.491 e. The van der Waals surface area contributed by atoms with Gasteiger partial charge in [-0.05, 0) is 42.0 Å². The topological polar surface area (TPSA) is 55.3 Å². The number of thiophene rings is 1. The lowest BCUT2D eigenvalue weighted by molar-refractivity contribution is -0.134. The predicted octanol–water partition coefficient (Wildman–Crippen LogP) is 4.26. The van der Waals surface area contributed by atoms with Gasteiger partial charge in [-0.1, -0.05) is 0 Å². The summed E-state index contributed by atoms with van der Waals surface area (Å²) in [5, 5.41) is 0. The molecule has 0 atom stereocenters. The third-order valence-corrected chi connectivity index (χ3v) is 5.42. The van der Waals surface area contributed by atoms with Gasteiger partial charge < -0.3 is 9.64 Å². The van der Waals surface area contributed by atoms with Gasteiger partial charge in [0.25, 0.3) is 5.91 Å². The Hall–Kier alpha value is -2.94. The minimum absolute atomic E-state index is 0.226. The molecule has 0 saturated carbocycles. The lowest BCUT2D eigenvalue weighted by Crippen LogP contribution is -2.32. The largest absolute Gasteiger partial charge is 0.491 e. The van der Waals surface area contributed by atoms with Gasteiger partial charge >= 0.3 is 6.18 Å². The third kappa shape index (κ3) is 3.70. The molecule has 1 aliphatic heterocycles. The highest BCUT2D eigenvalue weighted by Crippen LogP contribution is 2.39. The molecule has 3 heterocycles. The highest BCUT2D eigenvalue weighted by atomic mass is 32.1. The quantitative estimate of drug-likeness (QED) is 0.654. The molecular weight excluding hydrogens is 391 g/mol. The standard InChI is InChI=1S/C19H14F3N3O2S/c20-19(21,22)16-5-4-15(28-16)12-2-3-14-13(10-12)18(26)25(8-9-27-14)11-17-23-6-1-7-24-17/h1-7,10H,8-9,11H2. The molecule has 0 fully saturated rings. The van der Waals surface area contributed by atoms with E-state index in [1.807, 2.05) is 0 Å². The van der Waals surface area contributed by atoms with Crippen LogP contribution in [0.15, 0.2) is 48.8 Å². The van der Waals surface area contributed by atoms with Crippen molar-refractivity contribution in [2.24, 2.45) is 0 Å². The van der Waals surface area contributed by atoms with Crippen LogP contribution in [-0.4, -0.2) is 33.9 Å². The van der Waals surface area contributed by atoms with Crippen molar-refractivity contribution in [2.45, 2.75) is 12.7 Å². The Labute approximate surface area is 162 Å². The molecule has 144 valence electrons. The molecule has 3 aromatic rings. The number of rotatable bonds is 3. The number of hydrogen-bond acceptors (Lipinski definition) is 5. The first kappa shape index (κ1) is 18.4. The number of nitrogens with zero attached hydrogens (tertiary/aromatic N) is 3. The summed E-state index contributed by atoms with van der Waals surface area (Å²) >= 11 is 0.643. The van der Waals surface area contributed by atoms with Crippen LogP contribution in [0.1, 0.15) is 21.1 Å². The lowest BCUT2D eigenvalue weighted by atomic mass is 10.1. The van der Waals surface area contributed by atoms with Crippen molar-refractivity contribution in [3.63, 3.8) is 0 Å². The molecule has 0 aliphatic carbocycles. The Morgan fingerprint density at radius 3 is 2.64 bits per heavy atom. The number of ether oxygens (including phenoxy) is 1. The van der Waals surface area contributed by atoms with E-state index in [1.165, 1.54) is 6.07 Å². The number of amides is 1. The van der Waals surface area contributed by atoms with Crippen molar-refractivity contribution in [3.8, 4) is 16.2 Å². The molecule has 2 aromatic heterocycles. The Morgan fingerprint density at radius 1 is 1.14 bits per heavy atom. The molecule has 1 aromatic carbocycles. The van der Waals surface area contributed by atoms with E-state index in [4.69, 9.17) is 4.74 Å². The smallest absolute Gasteiger partial charge is 0.425 e. The summed E-state index contributed by atoms with van der Waals surface area (Å²) < 4.78 is 44.3. The van der Waals surface area contributed by atoms with Crippen molar-refractivity contribution in [1.82, 2.24) is 14.9 Å². The molecule has 1 aliphatic rings. The summed E-state index contributed by atoms with van der Waals surface area (Å²) in [4.78, 5) is 22.6. The second-order valence-electron chi connectivity index (χ2n) is 6.11. The van der Waals surface area contributed by atoms with Crippen LogP contribution < -0.4 is 4.74 Å². The first-order chi connectivity index (χ1) is 13.4. The molecule has 0 saturated heterocycles. The van der Waals surface area contributed by atoms with Crippen LogP contribution in [0.3, 0.4) is 0 Å². The monoisotopic (exact) mass is 405 g/mol. The fraction of sp³-hybridized carbons (Fsp3) is 0.211. The summed E-state index contributed by atoms with van der Waals surface area (Å²) in [6.45, 7) is 0.893. The summed E-state index contributed by atoms with van der Waals surface area (Å²) in [6.07, 6.45) is -1.19. The van der Waals surface area contributed by atoms with Crippen molar-refractivity contribution in [2.75, 3.05) is 13.2 Å². The average Bonchev–Trinajstić information content (AvgIpc) is 3.13. The number of aromatic nitrogens is 2. The second-order valence-corrected chi connectivity index (χ2v) is 7.20. The van der Waals surface area contributed by atoms with Gasteiger partial charge in [-0.15, -0.1) is 11.3 Å². The maximum absolute atomic E-state index is 13.0. The van der Waals surface area contributed by atoms with Gasteiger partial charge in [0, 0.05) is 17.3 Å². The molecule has 28 heavy (non-hydrogen) atoms. The summed E-state index contributed by atoms with van der Waals surface area (Å²) in [7, 11) is 0. The minimum atomic E-state index is -4.39. The molecule has 0 bridgehead atoms. The molecule has 0 unspecified atom stereocenters. The number of hydrogen-bond donors (Lipinski definition) is 0. The fourth-order valence-electron chi connectivity index (χ4n) is 2.89. The van der Waals surface area contributed by atoms with E-state index in [2.05, 4.69) is 9.97 Å². The van der Waals surface area contributed by atoms with Crippen LogP contribution in [-0.2, 0) is 12.7 Å². The van der Waals surface area contributed by atoms with Gasteiger partial charge in [-0.25, -0.2) is 9.97 Å². The van der Waals surface area contributed by atoms with E-state index in [0.29, 0.717) is 52.1 Å². The Balaban J connectivity index is 1.65. The Kier molecular flexibility index (Phi) is 4.76. The van der Waals surface area contributed by atoms with E-state index in [9.17, 15) is 18.0 Å². The summed E-state index contributed by atoms with van der Waals surface area (Å²) in [5.74, 6) is 0.649. The van der Waals surface area contributed by atoms with E-state index < -0.39 is 11.1 Å². The van der Waals surface area contributed by atoms with Crippen LogP contribution in [0.5, 0.6) is 5.75 Å². The number of benzene rings is 1. The zero-order valence-electron chi connectivity index (χ0n) is 14.4. The van der Waals surface area contributed by atoms with Gasteiger partial charge in [0.15, 0.2) is 0 Å². The first-order valence-corrected chi connectivity index (χ1v) is 9.23. The van der Waals surface area contributed by atoms with Crippen LogP contribution in [0.25, 0.3) is 10.4 Å². The van der Waals surface area contributed by atoms with Gasteiger partial charge in [-0.2, -0.15) is 13.2 Å². The zero-order chi connectivity index (χ0) is 19.7. The normalized spacial score (nSPS) is 14.4. The molecule has 9 heteroatoms. The molecule has 4 rings (SSSR count). The molecular formula is C19H14F3N3O2S. The van der Waals surface area contributed by atoms with E-state index in [1.54, 1.807) is 41.6 Å². The van der Waals surface area contributed by atoms with Crippen LogP contribution in [0, 0.1) is 0 Å². The fourth-order valence-corrected chi connectivity index (χ4v) is 3.76. The van der Waals surface area contributed by atoms with E-state index in [0.717, 1.165) is 6.07 Å². The van der Waals surface area contributed by atoms with Gasteiger partial charge in [0.2, 0.25) is 0 Å². The van der Waals surface area contributed by atoms with Crippen molar-refractivity contribution >= 4 is 17.2 Å². The van der Waals surface area contributed by atoms with E-state index in [-0.39, 0.29) is 12.5 Å². The summed E-state index contributed by atoms with van der Waals surface area (Å²) in [5.41, 5.74) is 0.849. The van der Waals surface area contributed by atoms with Crippen LogP contribution in [0.4, 0.5) is 13.2 Å².